The van der Waals surface area contributed by atoms with Crippen molar-refractivity contribution in [3.8, 4) is 6.07 Å². The molecule has 1 aromatic rings. The molecule has 1 saturated carbocycles. The maximum atomic E-state index is 8.92. The molecule has 0 unspecified atom stereocenters. The van der Waals surface area contributed by atoms with Crippen molar-refractivity contribution in [1.29, 1.82) is 5.26 Å². The van der Waals surface area contributed by atoms with Gasteiger partial charge in [-0.15, -0.1) is 0 Å². The molecular formula is C16H21N. The zero-order valence-corrected chi connectivity index (χ0v) is 10.7. The molecule has 17 heavy (non-hydrogen) atoms. The van der Waals surface area contributed by atoms with Gasteiger partial charge in [0, 0.05) is 0 Å². The van der Waals surface area contributed by atoms with E-state index in [9.17, 15) is 0 Å². The van der Waals surface area contributed by atoms with Crippen LogP contribution in [0.5, 0.6) is 0 Å². The Balaban J connectivity index is 1.98. The molecule has 0 radical (unpaired) electrons. The fourth-order valence-corrected chi connectivity index (χ4v) is 3.05. The van der Waals surface area contributed by atoms with Crippen molar-refractivity contribution in [2.75, 3.05) is 0 Å². The SMILES string of the molecule is CCCC1CCC(c2cccc(C#N)c2)CC1. The Morgan fingerprint density at radius 3 is 2.65 bits per heavy atom. The first-order valence-electron chi connectivity index (χ1n) is 6.83. The van der Waals surface area contributed by atoms with Crippen LogP contribution in [0.1, 0.15) is 62.5 Å². The normalized spacial score (nSPS) is 24.2. The molecule has 0 spiro atoms. The van der Waals surface area contributed by atoms with Gasteiger partial charge in [0.25, 0.3) is 0 Å². The molecule has 1 heteroatoms. The third kappa shape index (κ3) is 3.09. The van der Waals surface area contributed by atoms with E-state index in [-0.39, 0.29) is 0 Å². The Hall–Kier alpha value is -1.29. The Labute approximate surface area is 104 Å². The highest BCUT2D eigenvalue weighted by Crippen LogP contribution is 2.37. The summed E-state index contributed by atoms with van der Waals surface area (Å²) in [5.74, 6) is 1.65. The van der Waals surface area contributed by atoms with Gasteiger partial charge in [-0.1, -0.05) is 31.9 Å². The second-order valence-corrected chi connectivity index (χ2v) is 5.24. The largest absolute Gasteiger partial charge is 0.192 e. The van der Waals surface area contributed by atoms with E-state index in [1.54, 1.807) is 0 Å². The second kappa shape index (κ2) is 5.87. The van der Waals surface area contributed by atoms with Gasteiger partial charge < -0.3 is 0 Å². The van der Waals surface area contributed by atoms with E-state index >= 15 is 0 Å². The molecule has 1 aliphatic carbocycles. The van der Waals surface area contributed by atoms with E-state index in [4.69, 9.17) is 5.26 Å². The monoisotopic (exact) mass is 227 g/mol. The lowest BCUT2D eigenvalue weighted by atomic mass is 9.77. The molecule has 2 rings (SSSR count). The van der Waals surface area contributed by atoms with Crippen LogP contribution in [-0.4, -0.2) is 0 Å². The van der Waals surface area contributed by atoms with Crippen molar-refractivity contribution in [2.24, 2.45) is 5.92 Å². The third-order valence-corrected chi connectivity index (χ3v) is 4.03. The topological polar surface area (TPSA) is 23.8 Å². The minimum absolute atomic E-state index is 0.691. The predicted molar refractivity (Wildman–Crippen MR) is 70.8 cm³/mol. The fraction of sp³-hybridized carbons (Fsp3) is 0.562. The Kier molecular flexibility index (Phi) is 4.20. The van der Waals surface area contributed by atoms with Crippen LogP contribution < -0.4 is 0 Å². The first-order valence-corrected chi connectivity index (χ1v) is 6.83. The number of nitriles is 1. The summed E-state index contributed by atoms with van der Waals surface area (Å²) >= 11 is 0. The number of hydrogen-bond acceptors (Lipinski definition) is 1. The van der Waals surface area contributed by atoms with Crippen LogP contribution in [0.2, 0.25) is 0 Å². The van der Waals surface area contributed by atoms with Gasteiger partial charge in [-0.05, 0) is 55.2 Å². The predicted octanol–water partition coefficient (Wildman–Crippen LogP) is 4.63. The van der Waals surface area contributed by atoms with Crippen LogP contribution in [-0.2, 0) is 0 Å². The van der Waals surface area contributed by atoms with E-state index < -0.39 is 0 Å². The van der Waals surface area contributed by atoms with E-state index in [0.29, 0.717) is 5.92 Å². The molecule has 0 N–H and O–H groups in total. The second-order valence-electron chi connectivity index (χ2n) is 5.24. The lowest BCUT2D eigenvalue weighted by Crippen LogP contribution is -2.13. The van der Waals surface area contributed by atoms with Crippen molar-refractivity contribution in [2.45, 2.75) is 51.4 Å². The lowest BCUT2D eigenvalue weighted by molar-refractivity contribution is 0.308. The molecule has 0 bridgehead atoms. The van der Waals surface area contributed by atoms with Crippen molar-refractivity contribution in [3.05, 3.63) is 35.4 Å². The number of benzene rings is 1. The molecule has 0 heterocycles. The maximum absolute atomic E-state index is 8.92. The molecule has 0 aliphatic heterocycles. The summed E-state index contributed by atoms with van der Waals surface area (Å²) in [6.45, 7) is 2.28. The summed E-state index contributed by atoms with van der Waals surface area (Å²) in [7, 11) is 0. The zero-order chi connectivity index (χ0) is 12.1. The summed E-state index contributed by atoms with van der Waals surface area (Å²) in [5.41, 5.74) is 2.18. The number of hydrogen-bond donors (Lipinski definition) is 0. The van der Waals surface area contributed by atoms with Gasteiger partial charge in [-0.2, -0.15) is 5.26 Å². The molecule has 0 aromatic heterocycles. The van der Waals surface area contributed by atoms with Crippen LogP contribution in [0.3, 0.4) is 0 Å². The summed E-state index contributed by atoms with van der Waals surface area (Å²) in [6.07, 6.45) is 8.06. The summed E-state index contributed by atoms with van der Waals surface area (Å²) in [4.78, 5) is 0. The van der Waals surface area contributed by atoms with E-state index in [0.717, 1.165) is 11.5 Å². The maximum Gasteiger partial charge on any atom is 0.0991 e. The smallest absolute Gasteiger partial charge is 0.0991 e. The van der Waals surface area contributed by atoms with Crippen molar-refractivity contribution in [3.63, 3.8) is 0 Å². The fourth-order valence-electron chi connectivity index (χ4n) is 3.05. The van der Waals surface area contributed by atoms with Crippen LogP contribution in [0.25, 0.3) is 0 Å². The van der Waals surface area contributed by atoms with Crippen LogP contribution >= 0.6 is 0 Å². The molecule has 1 aliphatic rings. The van der Waals surface area contributed by atoms with E-state index in [1.165, 1.54) is 44.1 Å². The van der Waals surface area contributed by atoms with Crippen molar-refractivity contribution >= 4 is 0 Å². The highest BCUT2D eigenvalue weighted by atomic mass is 14.3. The number of rotatable bonds is 3. The van der Waals surface area contributed by atoms with E-state index in [1.807, 2.05) is 12.1 Å². The average Bonchev–Trinajstić information content (AvgIpc) is 2.40. The lowest BCUT2D eigenvalue weighted by Gasteiger charge is -2.28. The molecular weight excluding hydrogens is 206 g/mol. The Morgan fingerprint density at radius 2 is 2.00 bits per heavy atom. The minimum Gasteiger partial charge on any atom is -0.192 e. The minimum atomic E-state index is 0.691. The zero-order valence-electron chi connectivity index (χ0n) is 10.7. The van der Waals surface area contributed by atoms with Gasteiger partial charge in [-0.25, -0.2) is 0 Å². The first kappa shape index (κ1) is 12.2. The highest BCUT2D eigenvalue weighted by molar-refractivity contribution is 5.34. The van der Waals surface area contributed by atoms with E-state index in [2.05, 4.69) is 25.1 Å². The van der Waals surface area contributed by atoms with Gasteiger partial charge in [0.2, 0.25) is 0 Å². The first-order chi connectivity index (χ1) is 8.33. The van der Waals surface area contributed by atoms with Crippen LogP contribution in [0, 0.1) is 17.2 Å². The van der Waals surface area contributed by atoms with Gasteiger partial charge in [0.15, 0.2) is 0 Å². The molecule has 0 saturated heterocycles. The van der Waals surface area contributed by atoms with Crippen LogP contribution in [0.15, 0.2) is 24.3 Å². The van der Waals surface area contributed by atoms with Gasteiger partial charge in [0.05, 0.1) is 11.6 Å². The highest BCUT2D eigenvalue weighted by Gasteiger charge is 2.21. The number of nitrogens with zero attached hydrogens (tertiary/aromatic N) is 1. The molecule has 90 valence electrons. The average molecular weight is 227 g/mol. The van der Waals surface area contributed by atoms with Crippen LogP contribution in [0.4, 0.5) is 0 Å². The summed E-state index contributed by atoms with van der Waals surface area (Å²) in [6, 6.07) is 10.4. The molecule has 1 nitrogen and oxygen atoms in total. The summed E-state index contributed by atoms with van der Waals surface area (Å²) < 4.78 is 0. The Bertz CT molecular complexity index is 394. The van der Waals surface area contributed by atoms with Gasteiger partial charge in [0.1, 0.15) is 0 Å². The molecule has 1 fully saturated rings. The van der Waals surface area contributed by atoms with Gasteiger partial charge >= 0.3 is 0 Å². The summed E-state index contributed by atoms with van der Waals surface area (Å²) in [5, 5.41) is 8.92. The molecule has 0 amide bonds. The van der Waals surface area contributed by atoms with Gasteiger partial charge in [-0.3, -0.25) is 0 Å². The Morgan fingerprint density at radius 1 is 1.24 bits per heavy atom. The third-order valence-electron chi connectivity index (χ3n) is 4.03. The molecule has 0 atom stereocenters. The molecule has 1 aromatic carbocycles. The van der Waals surface area contributed by atoms with Crippen molar-refractivity contribution in [1.82, 2.24) is 0 Å². The van der Waals surface area contributed by atoms with Crippen molar-refractivity contribution < 1.29 is 0 Å². The standard InChI is InChI=1S/C16H21N/c1-2-4-13-7-9-15(10-8-13)16-6-3-5-14(11-16)12-17/h3,5-6,11,13,15H,2,4,7-10H2,1H3. The quantitative estimate of drug-likeness (QED) is 0.738.